The van der Waals surface area contributed by atoms with Crippen molar-refractivity contribution >= 4 is 36.8 Å². The number of hydrogen-bond donors (Lipinski definition) is 2. The highest BCUT2D eigenvalue weighted by Gasteiger charge is 2.25. The van der Waals surface area contributed by atoms with E-state index in [2.05, 4.69) is 75.3 Å². The third-order valence-electron chi connectivity index (χ3n) is 5.98. The molecule has 0 aliphatic heterocycles. The fraction of sp³-hybridized carbons (Fsp3) is 0.333. The van der Waals surface area contributed by atoms with E-state index in [1.54, 1.807) is 11.5 Å². The minimum Gasteiger partial charge on any atom is -0.445 e. The Morgan fingerprint density at radius 2 is 1.79 bits per heavy atom. The number of nitrogens with zero attached hydrogens (tertiary/aromatic N) is 2. The third-order valence-corrected chi connectivity index (χ3v) is 9.15. The Hall–Kier alpha value is -3.08. The summed E-state index contributed by atoms with van der Waals surface area (Å²) in [5.41, 5.74) is 8.17. The molecule has 0 fully saturated rings. The topological polar surface area (TPSA) is 97.9 Å². The van der Waals surface area contributed by atoms with E-state index in [1.807, 2.05) is 18.2 Å². The van der Waals surface area contributed by atoms with Crippen molar-refractivity contribution in [3.05, 3.63) is 102 Å². The van der Waals surface area contributed by atoms with E-state index in [0.717, 1.165) is 10.4 Å². The van der Waals surface area contributed by atoms with Crippen molar-refractivity contribution in [1.82, 2.24) is 9.88 Å². The average molecular weight is 565 g/mol. The van der Waals surface area contributed by atoms with Gasteiger partial charge in [-0.05, 0) is 21.4 Å². The molecule has 1 radical (unpaired) electrons. The summed E-state index contributed by atoms with van der Waals surface area (Å²) in [5, 5.41) is 15.6. The zero-order chi connectivity index (χ0) is 28.4. The van der Waals surface area contributed by atoms with Crippen molar-refractivity contribution in [3.63, 3.8) is 0 Å². The Balaban J connectivity index is 1.69. The maximum Gasteiger partial charge on any atom is 0.410 e. The number of aliphatic hydroxyl groups excluding tert-OH is 1. The summed E-state index contributed by atoms with van der Waals surface area (Å²) >= 11 is 1.34. The van der Waals surface area contributed by atoms with Gasteiger partial charge < -0.3 is 24.9 Å². The van der Waals surface area contributed by atoms with E-state index in [9.17, 15) is 9.90 Å². The van der Waals surface area contributed by atoms with Crippen LogP contribution in [0.25, 0.3) is 0 Å². The minimum atomic E-state index is -1.60. The maximum atomic E-state index is 12.3. The van der Waals surface area contributed by atoms with Crippen LogP contribution in [0, 0.1) is 0 Å². The lowest BCUT2D eigenvalue weighted by Crippen LogP contribution is -2.45. The van der Waals surface area contributed by atoms with Gasteiger partial charge in [0.05, 0.1) is 18.3 Å². The number of carbonyl (C=O) groups excluding carboxylic acids is 1. The lowest BCUT2D eigenvalue weighted by Gasteiger charge is -2.23. The molecule has 1 heterocycles. The first-order chi connectivity index (χ1) is 18.6. The molecule has 0 saturated carbocycles. The number of nitrogens with two attached hydrogens (primary N) is 1. The number of hydrogen-bond acceptors (Lipinski definition) is 7. The monoisotopic (exact) mass is 564 g/mol. The normalized spacial score (nSPS) is 13.1. The molecule has 207 valence electrons. The van der Waals surface area contributed by atoms with Crippen LogP contribution in [0.3, 0.4) is 0 Å². The Kier molecular flexibility index (Phi) is 11.2. The molecule has 3 aromatic rings. The first-order valence-corrected chi connectivity index (χ1v) is 15.1. The summed E-state index contributed by atoms with van der Waals surface area (Å²) in [6.45, 7) is 14.5. The summed E-state index contributed by atoms with van der Waals surface area (Å²) in [4.78, 5) is 18.3. The van der Waals surface area contributed by atoms with Gasteiger partial charge in [-0.25, -0.2) is 9.78 Å². The van der Waals surface area contributed by atoms with Gasteiger partial charge >= 0.3 is 6.09 Å². The summed E-state index contributed by atoms with van der Waals surface area (Å²) in [6, 6.07) is 18.1. The lowest BCUT2D eigenvalue weighted by molar-refractivity contribution is 0.106. The van der Waals surface area contributed by atoms with Crippen LogP contribution in [-0.2, 0) is 14.6 Å². The van der Waals surface area contributed by atoms with Gasteiger partial charge in [0.2, 0.25) is 0 Å². The van der Waals surface area contributed by atoms with Gasteiger partial charge in [0, 0.05) is 18.5 Å². The predicted molar refractivity (Wildman–Crippen MR) is 160 cm³/mol. The molecule has 7 nitrogen and oxygen atoms in total. The van der Waals surface area contributed by atoms with Crippen LogP contribution in [-0.4, -0.2) is 56.4 Å². The van der Waals surface area contributed by atoms with Gasteiger partial charge in [0.1, 0.15) is 17.7 Å². The molecule has 0 aliphatic rings. The van der Waals surface area contributed by atoms with Crippen LogP contribution in [0.15, 0.2) is 85.3 Å². The van der Waals surface area contributed by atoms with Crippen molar-refractivity contribution in [1.29, 1.82) is 0 Å². The molecule has 0 spiro atoms. The Bertz CT molecular complexity index is 1210. The van der Waals surface area contributed by atoms with Crippen molar-refractivity contribution in [2.24, 2.45) is 5.73 Å². The molecular formula is C30H38N3O4SSi. The van der Waals surface area contributed by atoms with Crippen LogP contribution in [0.5, 0.6) is 0 Å². The van der Waals surface area contributed by atoms with Crippen LogP contribution < -0.4 is 16.1 Å². The molecule has 3 rings (SSSR count). The highest BCUT2D eigenvalue weighted by molar-refractivity contribution is 7.09. The molecule has 39 heavy (non-hydrogen) atoms. The largest absolute Gasteiger partial charge is 0.445 e. The molecule has 3 N–H and O–H groups in total. The second-order valence-corrected chi connectivity index (χ2v) is 13.1. The van der Waals surface area contributed by atoms with Gasteiger partial charge in [-0.3, -0.25) is 0 Å². The Morgan fingerprint density at radius 1 is 1.13 bits per heavy atom. The first-order valence-electron chi connectivity index (χ1n) is 12.8. The van der Waals surface area contributed by atoms with Gasteiger partial charge in [0.25, 0.3) is 9.04 Å². The zero-order valence-corrected chi connectivity index (χ0v) is 24.7. The SMILES string of the molecule is C=CCOC(=O)N(CC=C)CC(N)c1nc(C(O)CO[Si](c2ccccc2)c2ccc(C(C)(C)C)cc2)cs1. The standard InChI is InChI=1S/C30H38N3O4SSi/c1-6-17-33(29(35)36-18-7-2)19-25(31)28-32-26(21-38-28)27(34)20-37-39(23-11-9-8-10-12-23)24-15-13-22(14-16-24)30(3,4)5/h6-16,21,25,27,34H,1-2,17-20,31H2,3-5H3. The van der Waals surface area contributed by atoms with Crippen molar-refractivity contribution in [2.75, 3.05) is 26.3 Å². The molecule has 0 aliphatic carbocycles. The zero-order valence-electron chi connectivity index (χ0n) is 22.9. The molecule has 0 saturated heterocycles. The second kappa shape index (κ2) is 14.3. The van der Waals surface area contributed by atoms with E-state index >= 15 is 0 Å². The van der Waals surface area contributed by atoms with Gasteiger partial charge in [-0.1, -0.05) is 94.1 Å². The molecular weight excluding hydrogens is 527 g/mol. The number of carbonyl (C=O) groups is 1. The van der Waals surface area contributed by atoms with Gasteiger partial charge in [0.15, 0.2) is 0 Å². The fourth-order valence-corrected chi connectivity index (χ4v) is 6.65. The van der Waals surface area contributed by atoms with Crippen molar-refractivity contribution < 1.29 is 19.1 Å². The molecule has 1 amide bonds. The van der Waals surface area contributed by atoms with Gasteiger partial charge in [-0.2, -0.15) is 0 Å². The van der Waals surface area contributed by atoms with Crippen LogP contribution in [0.1, 0.15) is 49.2 Å². The Morgan fingerprint density at radius 3 is 2.41 bits per heavy atom. The van der Waals surface area contributed by atoms with Gasteiger partial charge in [-0.15, -0.1) is 17.9 Å². The van der Waals surface area contributed by atoms with Crippen molar-refractivity contribution in [3.8, 4) is 0 Å². The summed E-state index contributed by atoms with van der Waals surface area (Å²) in [7, 11) is -1.60. The number of aromatic nitrogens is 1. The summed E-state index contributed by atoms with van der Waals surface area (Å²) in [5.74, 6) is 0. The summed E-state index contributed by atoms with van der Waals surface area (Å²) in [6.07, 6.45) is 1.70. The smallest absolute Gasteiger partial charge is 0.410 e. The van der Waals surface area contributed by atoms with E-state index in [0.29, 0.717) is 17.2 Å². The van der Waals surface area contributed by atoms with E-state index < -0.39 is 27.3 Å². The number of aliphatic hydroxyl groups is 1. The Labute approximate surface area is 237 Å². The average Bonchev–Trinajstić information content (AvgIpc) is 3.43. The minimum absolute atomic E-state index is 0.0625. The molecule has 9 heteroatoms. The van der Waals surface area contributed by atoms with Crippen molar-refractivity contribution in [2.45, 2.75) is 38.3 Å². The maximum absolute atomic E-state index is 12.3. The number of amides is 1. The predicted octanol–water partition coefficient (Wildman–Crippen LogP) is 4.11. The second-order valence-electron chi connectivity index (χ2n) is 10.1. The molecule has 2 atom stereocenters. The molecule has 0 bridgehead atoms. The number of rotatable bonds is 13. The quantitative estimate of drug-likeness (QED) is 0.240. The highest BCUT2D eigenvalue weighted by atomic mass is 32.1. The van der Waals surface area contributed by atoms with E-state index in [4.69, 9.17) is 14.9 Å². The van der Waals surface area contributed by atoms with E-state index in [-0.39, 0.29) is 25.2 Å². The fourth-order valence-electron chi connectivity index (χ4n) is 3.83. The lowest BCUT2D eigenvalue weighted by atomic mass is 9.87. The molecule has 1 aromatic heterocycles. The third kappa shape index (κ3) is 8.71. The van der Waals surface area contributed by atoms with Crippen LogP contribution in [0.2, 0.25) is 0 Å². The molecule has 2 unspecified atom stereocenters. The number of ether oxygens (including phenoxy) is 1. The highest BCUT2D eigenvalue weighted by Crippen LogP contribution is 2.23. The van der Waals surface area contributed by atoms with Crippen LogP contribution in [0.4, 0.5) is 4.79 Å². The van der Waals surface area contributed by atoms with E-state index in [1.165, 1.54) is 27.9 Å². The molecule has 2 aromatic carbocycles. The number of benzene rings is 2. The van der Waals surface area contributed by atoms with Crippen LogP contribution >= 0.6 is 11.3 Å². The first kappa shape index (κ1) is 30.5. The number of thiazole rings is 1. The summed E-state index contributed by atoms with van der Waals surface area (Å²) < 4.78 is 11.5.